The number of halogens is 2. The second kappa shape index (κ2) is 4.41. The number of carbonyl (C=O) groups is 1. The first-order valence-electron chi connectivity index (χ1n) is 5.66. The van der Waals surface area contributed by atoms with E-state index >= 15 is 0 Å². The fourth-order valence-corrected chi connectivity index (χ4v) is 2.05. The van der Waals surface area contributed by atoms with Crippen LogP contribution in [-0.2, 0) is 10.2 Å². The maximum atomic E-state index is 13.2. The molecule has 2 rings (SSSR count). The van der Waals surface area contributed by atoms with Crippen LogP contribution in [0, 0.1) is 23.5 Å². The predicted molar refractivity (Wildman–Crippen MR) is 63.7 cm³/mol. The zero-order chi connectivity index (χ0) is 13.3. The molecule has 0 saturated heterocycles. The summed E-state index contributed by atoms with van der Waals surface area (Å²) < 4.78 is 26.0. The number of amides is 1. The Balaban J connectivity index is 2.12. The Hall–Kier alpha value is -1.89. The molecule has 94 valence electrons. The topological polar surface area (TPSA) is 29.1 Å². The Labute approximate surface area is 104 Å². The van der Waals surface area contributed by atoms with Crippen LogP contribution in [0.2, 0.25) is 0 Å². The molecule has 1 saturated carbocycles. The lowest BCUT2D eigenvalue weighted by molar-refractivity contribution is -0.115. The molecule has 1 amide bonds. The third-order valence-corrected chi connectivity index (χ3v) is 3.36. The first-order chi connectivity index (χ1) is 8.47. The minimum atomic E-state index is -0.862. The van der Waals surface area contributed by atoms with Crippen molar-refractivity contribution < 1.29 is 13.6 Å². The summed E-state index contributed by atoms with van der Waals surface area (Å²) in [6.45, 7) is 3.49. The van der Waals surface area contributed by atoms with Gasteiger partial charge in [-0.05, 0) is 37.0 Å². The maximum Gasteiger partial charge on any atom is 0.296 e. The summed E-state index contributed by atoms with van der Waals surface area (Å²) in [7, 11) is 0. The molecule has 0 spiro atoms. The van der Waals surface area contributed by atoms with Crippen molar-refractivity contribution in [1.29, 1.82) is 0 Å². The monoisotopic (exact) mass is 249 g/mol. The Morgan fingerprint density at radius 2 is 2.17 bits per heavy atom. The Morgan fingerprint density at radius 3 is 2.78 bits per heavy atom. The molecular formula is C14H13F2NO. The van der Waals surface area contributed by atoms with Crippen molar-refractivity contribution in [2.75, 3.05) is 0 Å². The van der Waals surface area contributed by atoms with E-state index in [2.05, 4.69) is 17.2 Å². The van der Waals surface area contributed by atoms with Crippen molar-refractivity contribution in [2.45, 2.75) is 31.7 Å². The van der Waals surface area contributed by atoms with Crippen molar-refractivity contribution in [2.24, 2.45) is 0 Å². The third-order valence-electron chi connectivity index (χ3n) is 3.36. The molecule has 0 aliphatic heterocycles. The molecule has 1 aromatic rings. The van der Waals surface area contributed by atoms with Gasteiger partial charge in [0.25, 0.3) is 5.91 Å². The van der Waals surface area contributed by atoms with Gasteiger partial charge in [-0.15, -0.1) is 0 Å². The average molecular weight is 249 g/mol. The number of hydrogen-bond acceptors (Lipinski definition) is 1. The highest BCUT2D eigenvalue weighted by Crippen LogP contribution is 2.48. The summed E-state index contributed by atoms with van der Waals surface area (Å²) in [5, 5.41) is 2.75. The molecular weight excluding hydrogens is 236 g/mol. The van der Waals surface area contributed by atoms with Crippen LogP contribution in [0.15, 0.2) is 18.2 Å². The highest BCUT2D eigenvalue weighted by molar-refractivity contribution is 5.94. The van der Waals surface area contributed by atoms with E-state index in [4.69, 9.17) is 0 Å². The first-order valence-corrected chi connectivity index (χ1v) is 5.66. The summed E-state index contributed by atoms with van der Waals surface area (Å²) in [4.78, 5) is 11.3. The summed E-state index contributed by atoms with van der Waals surface area (Å²) in [6.07, 6.45) is 0.704. The highest BCUT2D eigenvalue weighted by atomic mass is 19.2. The van der Waals surface area contributed by atoms with Gasteiger partial charge in [0.15, 0.2) is 11.6 Å². The molecule has 1 aliphatic carbocycles. The summed E-state index contributed by atoms with van der Waals surface area (Å²) in [5.74, 6) is 2.84. The normalized spacial score (nSPS) is 25.0. The highest BCUT2D eigenvalue weighted by Gasteiger charge is 2.52. The molecule has 0 radical (unpaired) electrons. The van der Waals surface area contributed by atoms with Crippen LogP contribution in [0.1, 0.15) is 25.8 Å². The molecule has 0 unspecified atom stereocenters. The largest absolute Gasteiger partial charge is 0.342 e. The minimum Gasteiger partial charge on any atom is -0.342 e. The SMILES string of the molecule is CC#CC(=O)N[C@H]1C[C@@]1(C)c1ccc(F)c(F)c1. The van der Waals surface area contributed by atoms with Gasteiger partial charge in [-0.2, -0.15) is 0 Å². The molecule has 18 heavy (non-hydrogen) atoms. The van der Waals surface area contributed by atoms with Crippen LogP contribution in [0.5, 0.6) is 0 Å². The number of nitrogens with one attached hydrogen (secondary N) is 1. The van der Waals surface area contributed by atoms with Gasteiger partial charge in [-0.3, -0.25) is 4.79 Å². The van der Waals surface area contributed by atoms with Gasteiger partial charge >= 0.3 is 0 Å². The summed E-state index contributed by atoms with van der Waals surface area (Å²) in [6, 6.07) is 3.78. The Bertz CT molecular complexity index is 559. The van der Waals surface area contributed by atoms with Crippen molar-refractivity contribution in [3.05, 3.63) is 35.4 Å². The fourth-order valence-electron chi connectivity index (χ4n) is 2.05. The van der Waals surface area contributed by atoms with Gasteiger partial charge < -0.3 is 5.32 Å². The number of carbonyl (C=O) groups excluding carboxylic acids is 1. The van der Waals surface area contributed by atoms with Crippen LogP contribution in [-0.4, -0.2) is 11.9 Å². The van der Waals surface area contributed by atoms with E-state index in [1.165, 1.54) is 6.07 Å². The molecule has 1 fully saturated rings. The number of benzene rings is 1. The smallest absolute Gasteiger partial charge is 0.296 e. The van der Waals surface area contributed by atoms with Crippen LogP contribution in [0.25, 0.3) is 0 Å². The molecule has 1 aromatic carbocycles. The Morgan fingerprint density at radius 1 is 1.44 bits per heavy atom. The van der Waals surface area contributed by atoms with Crippen molar-refractivity contribution in [3.8, 4) is 11.8 Å². The van der Waals surface area contributed by atoms with E-state index < -0.39 is 11.6 Å². The maximum absolute atomic E-state index is 13.2. The molecule has 4 heteroatoms. The standard InChI is InChI=1S/C14H13F2NO/c1-3-4-13(18)17-12-8-14(12,2)9-5-6-10(15)11(16)7-9/h5-7,12H,8H2,1-2H3,(H,17,18)/t12-,14-/m0/s1. The summed E-state index contributed by atoms with van der Waals surface area (Å²) in [5.41, 5.74) is 0.357. The van der Waals surface area contributed by atoms with Crippen molar-refractivity contribution in [1.82, 2.24) is 5.32 Å². The van der Waals surface area contributed by atoms with Crippen LogP contribution >= 0.6 is 0 Å². The molecule has 2 nitrogen and oxygen atoms in total. The van der Waals surface area contributed by atoms with Crippen molar-refractivity contribution in [3.63, 3.8) is 0 Å². The molecule has 0 aromatic heterocycles. The van der Waals surface area contributed by atoms with E-state index in [1.54, 1.807) is 13.0 Å². The molecule has 2 atom stereocenters. The zero-order valence-electron chi connectivity index (χ0n) is 10.2. The van der Waals surface area contributed by atoms with Gasteiger partial charge in [0.1, 0.15) is 0 Å². The van der Waals surface area contributed by atoms with E-state index in [0.29, 0.717) is 12.0 Å². The van der Waals surface area contributed by atoms with Gasteiger partial charge in [-0.25, -0.2) is 8.78 Å². The van der Waals surface area contributed by atoms with E-state index in [9.17, 15) is 13.6 Å². The molecule has 1 aliphatic rings. The summed E-state index contributed by atoms with van der Waals surface area (Å²) >= 11 is 0. The Kier molecular flexibility index (Phi) is 3.08. The lowest BCUT2D eigenvalue weighted by Crippen LogP contribution is -2.29. The lowest BCUT2D eigenvalue weighted by atomic mass is 9.97. The van der Waals surface area contributed by atoms with Crippen LogP contribution in [0.4, 0.5) is 8.78 Å². The van der Waals surface area contributed by atoms with Gasteiger partial charge in [0.05, 0.1) is 0 Å². The fraction of sp³-hybridized carbons (Fsp3) is 0.357. The lowest BCUT2D eigenvalue weighted by Gasteiger charge is -2.12. The predicted octanol–water partition coefficient (Wildman–Crippen LogP) is 2.13. The number of rotatable bonds is 2. The van der Waals surface area contributed by atoms with Crippen LogP contribution in [0.3, 0.4) is 0 Å². The first kappa shape index (κ1) is 12.6. The molecule has 0 bridgehead atoms. The minimum absolute atomic E-state index is 0.0734. The molecule has 1 N–H and O–H groups in total. The number of hydrogen-bond donors (Lipinski definition) is 1. The van der Waals surface area contributed by atoms with Gasteiger partial charge in [0.2, 0.25) is 0 Å². The van der Waals surface area contributed by atoms with Crippen LogP contribution < -0.4 is 5.32 Å². The van der Waals surface area contributed by atoms with E-state index in [1.807, 2.05) is 6.92 Å². The quantitative estimate of drug-likeness (QED) is 0.799. The van der Waals surface area contributed by atoms with E-state index in [-0.39, 0.29) is 17.4 Å². The van der Waals surface area contributed by atoms with Gasteiger partial charge in [0, 0.05) is 11.5 Å². The van der Waals surface area contributed by atoms with E-state index in [0.717, 1.165) is 6.07 Å². The second-order valence-electron chi connectivity index (χ2n) is 4.65. The third kappa shape index (κ3) is 2.21. The zero-order valence-corrected chi connectivity index (χ0v) is 10.2. The molecule has 0 heterocycles. The second-order valence-corrected chi connectivity index (χ2v) is 4.65. The van der Waals surface area contributed by atoms with Crippen molar-refractivity contribution >= 4 is 5.91 Å². The van der Waals surface area contributed by atoms with Gasteiger partial charge in [-0.1, -0.05) is 18.9 Å². The average Bonchev–Trinajstić information content (AvgIpc) is 2.95.